The van der Waals surface area contributed by atoms with Gasteiger partial charge in [0, 0.05) is 0 Å². The lowest BCUT2D eigenvalue weighted by Gasteiger charge is -2.05. The predicted molar refractivity (Wildman–Crippen MR) is 44.9 cm³/mol. The Morgan fingerprint density at radius 2 is 2.00 bits per heavy atom. The van der Waals surface area contributed by atoms with Gasteiger partial charge in [-0.2, -0.15) is 0 Å². The van der Waals surface area contributed by atoms with Crippen molar-refractivity contribution < 1.29 is 9.90 Å². The van der Waals surface area contributed by atoms with Crippen LogP contribution in [0.25, 0.3) is 0 Å². The van der Waals surface area contributed by atoms with Crippen molar-refractivity contribution in [1.82, 2.24) is 0 Å². The van der Waals surface area contributed by atoms with Crippen molar-refractivity contribution >= 4 is 29.0 Å². The van der Waals surface area contributed by atoms with E-state index >= 15 is 0 Å². The first kappa shape index (κ1) is 12.9. The molecule has 0 amide bonds. The van der Waals surface area contributed by atoms with Gasteiger partial charge in [0.1, 0.15) is 0 Å². The second-order valence-corrected chi connectivity index (χ2v) is 2.23. The molecule has 0 fully saturated rings. The summed E-state index contributed by atoms with van der Waals surface area (Å²) in [5, 5.41) is 8.50. The molecule has 58 valence electrons. The molecular formula is C7H16MgO2. The highest BCUT2D eigenvalue weighted by Gasteiger charge is 2.12. The van der Waals surface area contributed by atoms with Crippen LogP contribution in [0.4, 0.5) is 0 Å². The molecule has 0 aliphatic carbocycles. The van der Waals surface area contributed by atoms with E-state index in [4.69, 9.17) is 5.11 Å². The van der Waals surface area contributed by atoms with E-state index in [0.717, 1.165) is 19.3 Å². The lowest BCUT2D eigenvalue weighted by atomic mass is 10.0. The van der Waals surface area contributed by atoms with Crippen LogP contribution < -0.4 is 0 Å². The van der Waals surface area contributed by atoms with E-state index < -0.39 is 5.97 Å². The molecule has 0 heterocycles. The molecule has 0 aromatic heterocycles. The molecule has 2 nitrogen and oxygen atoms in total. The number of hydrogen-bond acceptors (Lipinski definition) is 1. The lowest BCUT2D eigenvalue weighted by Crippen LogP contribution is -2.11. The third-order valence-electron chi connectivity index (χ3n) is 1.48. The van der Waals surface area contributed by atoms with Crippen LogP contribution in [0.3, 0.4) is 0 Å². The quantitative estimate of drug-likeness (QED) is 0.616. The average Bonchev–Trinajstić information content (AvgIpc) is 1.82. The Morgan fingerprint density at radius 1 is 1.50 bits per heavy atom. The van der Waals surface area contributed by atoms with Gasteiger partial charge in [-0.05, 0) is 12.8 Å². The van der Waals surface area contributed by atoms with Crippen LogP contribution in [0, 0.1) is 5.92 Å². The highest BCUT2D eigenvalue weighted by Crippen LogP contribution is 2.09. The normalized spacial score (nSPS) is 11.8. The fourth-order valence-corrected chi connectivity index (χ4v) is 0.851. The molecule has 1 N–H and O–H groups in total. The topological polar surface area (TPSA) is 37.3 Å². The zero-order chi connectivity index (χ0) is 7.28. The summed E-state index contributed by atoms with van der Waals surface area (Å²) < 4.78 is 0. The second-order valence-electron chi connectivity index (χ2n) is 2.23. The highest BCUT2D eigenvalue weighted by molar-refractivity contribution is 5.75. The van der Waals surface area contributed by atoms with Crippen molar-refractivity contribution in [1.29, 1.82) is 0 Å². The van der Waals surface area contributed by atoms with E-state index in [9.17, 15) is 4.79 Å². The maximum absolute atomic E-state index is 10.3. The van der Waals surface area contributed by atoms with Gasteiger partial charge in [0.05, 0.1) is 5.92 Å². The van der Waals surface area contributed by atoms with Crippen LogP contribution in [-0.4, -0.2) is 34.1 Å². The Morgan fingerprint density at radius 3 is 2.10 bits per heavy atom. The van der Waals surface area contributed by atoms with Gasteiger partial charge in [0.2, 0.25) is 0 Å². The number of carboxylic acid groups (broad SMARTS) is 1. The Kier molecular flexibility index (Phi) is 9.45. The van der Waals surface area contributed by atoms with Crippen molar-refractivity contribution in [3.8, 4) is 0 Å². The zero-order valence-corrected chi connectivity index (χ0v) is 6.05. The minimum atomic E-state index is -0.653. The predicted octanol–water partition coefficient (Wildman–Crippen LogP) is 0.981. The van der Waals surface area contributed by atoms with E-state index in [1.54, 1.807) is 0 Å². The van der Waals surface area contributed by atoms with Gasteiger partial charge in [-0.1, -0.05) is 20.3 Å². The summed E-state index contributed by atoms with van der Waals surface area (Å²) in [6.45, 7) is 3.92. The van der Waals surface area contributed by atoms with Crippen molar-refractivity contribution in [2.45, 2.75) is 33.1 Å². The Hall–Kier alpha value is 0.236. The summed E-state index contributed by atoms with van der Waals surface area (Å²) in [7, 11) is 0. The molecule has 0 rings (SSSR count). The maximum atomic E-state index is 10.3. The fraction of sp³-hybridized carbons (Fsp3) is 0.857. The molecule has 0 saturated carbocycles. The van der Waals surface area contributed by atoms with Gasteiger partial charge in [-0.15, -0.1) is 0 Å². The van der Waals surface area contributed by atoms with Gasteiger partial charge in [0.15, 0.2) is 0 Å². The first-order valence-corrected chi connectivity index (χ1v) is 3.45. The molecule has 0 radical (unpaired) electrons. The molecule has 1 atom stereocenters. The van der Waals surface area contributed by atoms with Crippen LogP contribution in [0.1, 0.15) is 33.1 Å². The summed E-state index contributed by atoms with van der Waals surface area (Å²) >= 11 is 0. The van der Waals surface area contributed by atoms with Gasteiger partial charge in [0.25, 0.3) is 0 Å². The largest absolute Gasteiger partial charge is 0.481 e. The first-order chi connectivity index (χ1) is 4.22. The van der Waals surface area contributed by atoms with Gasteiger partial charge < -0.3 is 5.11 Å². The molecule has 0 aromatic carbocycles. The summed E-state index contributed by atoms with van der Waals surface area (Å²) in [5.41, 5.74) is 0. The Balaban J connectivity index is 0. The first-order valence-electron chi connectivity index (χ1n) is 3.45. The molecule has 0 saturated heterocycles. The molecule has 0 aliphatic rings. The molecule has 0 aromatic rings. The van der Waals surface area contributed by atoms with Crippen LogP contribution in [0.15, 0.2) is 0 Å². The zero-order valence-electron chi connectivity index (χ0n) is 6.05. The smallest absolute Gasteiger partial charge is 0.316 e. The van der Waals surface area contributed by atoms with Crippen LogP contribution in [-0.2, 0) is 4.79 Å². The fourth-order valence-electron chi connectivity index (χ4n) is 0.851. The summed E-state index contributed by atoms with van der Waals surface area (Å²) in [5.74, 6) is -0.769. The number of rotatable bonds is 4. The number of aliphatic carboxylic acids is 1. The van der Waals surface area contributed by atoms with E-state index in [0.29, 0.717) is 0 Å². The monoisotopic (exact) mass is 156 g/mol. The number of carbonyl (C=O) groups is 1. The number of hydrogen-bond donors (Lipinski definition) is 1. The van der Waals surface area contributed by atoms with Crippen molar-refractivity contribution in [2.75, 3.05) is 0 Å². The van der Waals surface area contributed by atoms with E-state index in [1.165, 1.54) is 0 Å². The minimum absolute atomic E-state index is 0. The SMILES string of the molecule is CCCC(CC)C(=O)O.[MgH2]. The second kappa shape index (κ2) is 7.34. The van der Waals surface area contributed by atoms with E-state index in [1.807, 2.05) is 13.8 Å². The number of carboxylic acids is 1. The molecule has 10 heavy (non-hydrogen) atoms. The van der Waals surface area contributed by atoms with Crippen LogP contribution in [0.2, 0.25) is 0 Å². The summed E-state index contributed by atoms with van der Waals surface area (Å²) in [6, 6.07) is 0. The molecule has 1 unspecified atom stereocenters. The maximum Gasteiger partial charge on any atom is 0.316 e. The molecule has 3 heteroatoms. The average molecular weight is 157 g/mol. The third kappa shape index (κ3) is 5.06. The Labute approximate surface area is 78.2 Å². The third-order valence-corrected chi connectivity index (χ3v) is 1.48. The molecular weight excluding hydrogens is 140 g/mol. The Bertz CT molecular complexity index is 93.6. The molecule has 0 aliphatic heterocycles. The van der Waals surface area contributed by atoms with Crippen LogP contribution >= 0.6 is 0 Å². The van der Waals surface area contributed by atoms with Gasteiger partial charge >= 0.3 is 29.0 Å². The minimum Gasteiger partial charge on any atom is -0.481 e. The summed E-state index contributed by atoms with van der Waals surface area (Å²) in [4.78, 5) is 10.3. The van der Waals surface area contributed by atoms with Crippen molar-refractivity contribution in [3.63, 3.8) is 0 Å². The van der Waals surface area contributed by atoms with Gasteiger partial charge in [-0.3, -0.25) is 4.79 Å². The standard InChI is InChI=1S/C7H14O2.Mg.2H/c1-3-5-6(4-2)7(8)9;;;/h6H,3-5H2,1-2H3,(H,8,9);;;. The van der Waals surface area contributed by atoms with Gasteiger partial charge in [-0.25, -0.2) is 0 Å². The van der Waals surface area contributed by atoms with Crippen molar-refractivity contribution in [3.05, 3.63) is 0 Å². The van der Waals surface area contributed by atoms with Crippen molar-refractivity contribution in [2.24, 2.45) is 5.92 Å². The lowest BCUT2D eigenvalue weighted by molar-refractivity contribution is -0.142. The highest BCUT2D eigenvalue weighted by atomic mass is 24.3. The van der Waals surface area contributed by atoms with E-state index in [2.05, 4.69) is 0 Å². The van der Waals surface area contributed by atoms with E-state index in [-0.39, 0.29) is 29.0 Å². The molecule has 0 spiro atoms. The van der Waals surface area contributed by atoms with Crippen LogP contribution in [0.5, 0.6) is 0 Å². The molecule has 0 bridgehead atoms. The summed E-state index contributed by atoms with van der Waals surface area (Å²) in [6.07, 6.45) is 2.53.